The first-order valence-corrected chi connectivity index (χ1v) is 9.60. The number of halogens is 1. The molecule has 1 N–H and O–H groups in total. The summed E-state index contributed by atoms with van der Waals surface area (Å²) in [5.41, 5.74) is 3.63. The fourth-order valence-corrected chi connectivity index (χ4v) is 4.16. The van der Waals surface area contributed by atoms with E-state index >= 15 is 0 Å². The maximum atomic E-state index is 14.3. The number of aromatic nitrogens is 2. The first-order valence-electron chi connectivity index (χ1n) is 9.60. The molecule has 3 aromatic rings. The largest absolute Gasteiger partial charge is 0.493 e. The van der Waals surface area contributed by atoms with Crippen LogP contribution in [0.5, 0.6) is 5.75 Å². The fourth-order valence-electron chi connectivity index (χ4n) is 4.16. The minimum atomic E-state index is -0.343. The molecule has 0 fully saturated rings. The van der Waals surface area contributed by atoms with E-state index in [1.54, 1.807) is 22.9 Å². The summed E-state index contributed by atoms with van der Waals surface area (Å²) in [4.78, 5) is 13.1. The Balaban J connectivity index is 1.49. The Kier molecular flexibility index (Phi) is 4.11. The van der Waals surface area contributed by atoms with E-state index < -0.39 is 0 Å². The van der Waals surface area contributed by atoms with Crippen molar-refractivity contribution in [1.82, 2.24) is 15.1 Å². The molecule has 0 spiro atoms. The van der Waals surface area contributed by atoms with Crippen LogP contribution >= 0.6 is 0 Å². The monoisotopic (exact) mass is 377 g/mol. The molecule has 1 amide bonds. The van der Waals surface area contributed by atoms with Crippen molar-refractivity contribution in [2.24, 2.45) is 0 Å². The minimum Gasteiger partial charge on any atom is -0.493 e. The Morgan fingerprint density at radius 1 is 1.14 bits per heavy atom. The second-order valence-corrected chi connectivity index (χ2v) is 7.19. The molecular weight excluding hydrogens is 357 g/mol. The van der Waals surface area contributed by atoms with Crippen molar-refractivity contribution in [3.63, 3.8) is 0 Å². The minimum absolute atomic E-state index is 0.117. The highest BCUT2D eigenvalue weighted by Crippen LogP contribution is 2.33. The average molecular weight is 377 g/mol. The Bertz CT molecular complexity index is 1060. The molecule has 1 atom stereocenters. The van der Waals surface area contributed by atoms with Gasteiger partial charge in [-0.2, -0.15) is 5.10 Å². The second-order valence-electron chi connectivity index (χ2n) is 7.19. The second kappa shape index (κ2) is 6.78. The van der Waals surface area contributed by atoms with Crippen LogP contribution in [0.25, 0.3) is 5.69 Å². The van der Waals surface area contributed by atoms with Crippen LogP contribution in [0.15, 0.2) is 48.5 Å². The smallest absolute Gasteiger partial charge is 0.272 e. The van der Waals surface area contributed by atoms with Gasteiger partial charge in [0.15, 0.2) is 5.69 Å². The number of nitrogens with one attached hydrogen (secondary N) is 1. The summed E-state index contributed by atoms with van der Waals surface area (Å²) in [5.74, 6) is 0.251. The van der Waals surface area contributed by atoms with Crippen LogP contribution in [0.2, 0.25) is 0 Å². The van der Waals surface area contributed by atoms with E-state index in [4.69, 9.17) is 4.74 Å². The molecule has 0 radical (unpaired) electrons. The number of carbonyl (C=O) groups excluding carboxylic acids is 1. The van der Waals surface area contributed by atoms with Crippen molar-refractivity contribution in [2.75, 3.05) is 6.61 Å². The van der Waals surface area contributed by atoms with Crippen LogP contribution in [0.1, 0.15) is 46.2 Å². The van der Waals surface area contributed by atoms with Gasteiger partial charge in [0.05, 0.1) is 12.6 Å². The van der Waals surface area contributed by atoms with Crippen LogP contribution in [-0.4, -0.2) is 22.3 Å². The third-order valence-electron chi connectivity index (χ3n) is 5.49. The van der Waals surface area contributed by atoms with Gasteiger partial charge in [-0.05, 0) is 37.5 Å². The highest BCUT2D eigenvalue weighted by molar-refractivity contribution is 5.94. The number of rotatable bonds is 3. The van der Waals surface area contributed by atoms with Crippen LogP contribution in [0.4, 0.5) is 4.39 Å². The summed E-state index contributed by atoms with van der Waals surface area (Å²) in [6, 6.07) is 14.2. The average Bonchev–Trinajstić information content (AvgIpc) is 3.32. The van der Waals surface area contributed by atoms with Crippen molar-refractivity contribution < 1.29 is 13.9 Å². The lowest BCUT2D eigenvalue weighted by atomic mass is 10.0. The van der Waals surface area contributed by atoms with Crippen LogP contribution in [-0.2, 0) is 12.8 Å². The van der Waals surface area contributed by atoms with E-state index in [9.17, 15) is 9.18 Å². The van der Waals surface area contributed by atoms with Gasteiger partial charge in [0.2, 0.25) is 0 Å². The summed E-state index contributed by atoms with van der Waals surface area (Å²) in [6.07, 6.45) is 3.24. The quantitative estimate of drug-likeness (QED) is 0.756. The molecule has 0 bridgehead atoms. The highest BCUT2D eigenvalue weighted by Gasteiger charge is 2.30. The molecule has 0 saturated carbocycles. The SMILES string of the molecule is O=C(NC1CCOc2ccccc21)c1nn(-c2ccccc2F)c2c1CCC2. The molecule has 2 heterocycles. The van der Waals surface area contributed by atoms with Crippen LogP contribution in [0.3, 0.4) is 0 Å². The fraction of sp³-hybridized carbons (Fsp3) is 0.273. The Morgan fingerprint density at radius 2 is 1.96 bits per heavy atom. The molecule has 1 unspecified atom stereocenters. The lowest BCUT2D eigenvalue weighted by molar-refractivity contribution is 0.0918. The number of hydrogen-bond acceptors (Lipinski definition) is 3. The van der Waals surface area contributed by atoms with Gasteiger partial charge in [-0.15, -0.1) is 0 Å². The lowest BCUT2D eigenvalue weighted by Crippen LogP contribution is -2.33. The first-order chi connectivity index (χ1) is 13.7. The van der Waals surface area contributed by atoms with E-state index in [2.05, 4.69) is 10.4 Å². The number of carbonyl (C=O) groups is 1. The molecule has 2 aromatic carbocycles. The third kappa shape index (κ3) is 2.76. The van der Waals surface area contributed by atoms with Crippen LogP contribution < -0.4 is 10.1 Å². The normalized spacial score (nSPS) is 17.5. The topological polar surface area (TPSA) is 56.1 Å². The molecule has 1 aromatic heterocycles. The molecule has 142 valence electrons. The molecule has 5 rings (SSSR count). The molecule has 2 aliphatic rings. The van der Waals surface area contributed by atoms with Gasteiger partial charge in [0.1, 0.15) is 17.3 Å². The number of benzene rings is 2. The summed E-state index contributed by atoms with van der Waals surface area (Å²) in [7, 11) is 0. The van der Waals surface area contributed by atoms with Crippen molar-refractivity contribution in [2.45, 2.75) is 31.7 Å². The predicted octanol–water partition coefficient (Wildman–Crippen LogP) is 3.75. The Morgan fingerprint density at radius 3 is 2.86 bits per heavy atom. The lowest BCUT2D eigenvalue weighted by Gasteiger charge is -2.26. The maximum Gasteiger partial charge on any atom is 0.272 e. The van der Waals surface area contributed by atoms with Crippen LogP contribution in [0, 0.1) is 5.82 Å². The molecule has 5 nitrogen and oxygen atoms in total. The van der Waals surface area contributed by atoms with E-state index in [1.165, 1.54) is 6.07 Å². The van der Waals surface area contributed by atoms with E-state index in [-0.39, 0.29) is 17.8 Å². The molecule has 1 aliphatic carbocycles. The number of hydrogen-bond donors (Lipinski definition) is 1. The summed E-state index contributed by atoms with van der Waals surface area (Å²) in [5, 5.41) is 7.63. The number of amides is 1. The van der Waals surface area contributed by atoms with Gasteiger partial charge in [-0.25, -0.2) is 9.07 Å². The number of nitrogens with zero attached hydrogens (tertiary/aromatic N) is 2. The Hall–Kier alpha value is -3.15. The van der Waals surface area contributed by atoms with Gasteiger partial charge in [-0.3, -0.25) is 4.79 Å². The predicted molar refractivity (Wildman–Crippen MR) is 102 cm³/mol. The molecule has 1 aliphatic heterocycles. The van der Waals surface area contributed by atoms with Gasteiger partial charge in [-0.1, -0.05) is 30.3 Å². The van der Waals surface area contributed by atoms with Gasteiger partial charge in [0, 0.05) is 23.2 Å². The third-order valence-corrected chi connectivity index (χ3v) is 5.49. The summed E-state index contributed by atoms with van der Waals surface area (Å²) in [6.45, 7) is 0.559. The molecule has 6 heteroatoms. The van der Waals surface area contributed by atoms with Crippen molar-refractivity contribution in [3.05, 3.63) is 76.9 Å². The first kappa shape index (κ1) is 17.0. The Labute approximate surface area is 162 Å². The van der Waals surface area contributed by atoms with E-state index in [1.807, 2.05) is 24.3 Å². The molecule has 28 heavy (non-hydrogen) atoms. The van der Waals surface area contributed by atoms with E-state index in [0.717, 1.165) is 41.8 Å². The van der Waals surface area contributed by atoms with Crippen molar-refractivity contribution in [3.8, 4) is 11.4 Å². The number of para-hydroxylation sites is 2. The number of ether oxygens (including phenoxy) is 1. The van der Waals surface area contributed by atoms with Gasteiger partial charge in [0.25, 0.3) is 5.91 Å². The zero-order valence-corrected chi connectivity index (χ0v) is 15.3. The zero-order valence-electron chi connectivity index (χ0n) is 15.3. The summed E-state index contributed by atoms with van der Waals surface area (Å²) < 4.78 is 21.6. The van der Waals surface area contributed by atoms with Crippen molar-refractivity contribution in [1.29, 1.82) is 0 Å². The van der Waals surface area contributed by atoms with E-state index in [0.29, 0.717) is 24.4 Å². The van der Waals surface area contributed by atoms with Gasteiger partial charge < -0.3 is 10.1 Å². The standard InChI is InChI=1S/C22H20FN3O2/c23-16-8-2-3-9-19(16)26-18-10-5-7-15(18)21(25-26)22(27)24-17-12-13-28-20-11-4-1-6-14(17)20/h1-4,6,8-9,11,17H,5,7,10,12-13H2,(H,24,27). The zero-order chi connectivity index (χ0) is 19.1. The summed E-state index contributed by atoms with van der Waals surface area (Å²) >= 11 is 0. The van der Waals surface area contributed by atoms with Gasteiger partial charge >= 0.3 is 0 Å². The number of fused-ring (bicyclic) bond motifs is 2. The molecule has 0 saturated heterocycles. The van der Waals surface area contributed by atoms with Crippen molar-refractivity contribution >= 4 is 5.91 Å². The highest BCUT2D eigenvalue weighted by atomic mass is 19.1. The molecular formula is C22H20FN3O2. The maximum absolute atomic E-state index is 14.3.